The molecular weight excluding hydrogens is 412 g/mol. The summed E-state index contributed by atoms with van der Waals surface area (Å²) >= 11 is 3.36. The summed E-state index contributed by atoms with van der Waals surface area (Å²) in [5.74, 6) is -0.981. The first-order valence-corrected chi connectivity index (χ1v) is 8.80. The average molecular weight is 427 g/mol. The maximum atomic E-state index is 12.9. The molecule has 0 saturated carbocycles. The molecule has 0 atom stereocenters. The van der Waals surface area contributed by atoms with Crippen LogP contribution >= 0.6 is 15.9 Å². The first kappa shape index (κ1) is 18.6. The van der Waals surface area contributed by atoms with Crippen molar-refractivity contribution in [2.75, 3.05) is 11.5 Å². The lowest BCUT2D eigenvalue weighted by atomic mass is 10.1. The first-order valence-electron chi connectivity index (χ1n) is 8.01. The Balaban J connectivity index is 2.03. The van der Waals surface area contributed by atoms with Gasteiger partial charge in [-0.25, -0.2) is 9.69 Å². The Morgan fingerprint density at radius 1 is 1.11 bits per heavy atom. The predicted octanol–water partition coefficient (Wildman–Crippen LogP) is 3.68. The van der Waals surface area contributed by atoms with Crippen LogP contribution in [0.1, 0.15) is 5.56 Å². The van der Waals surface area contributed by atoms with Gasteiger partial charge in [-0.05, 0) is 36.4 Å². The molecule has 6 nitrogen and oxygen atoms in total. The number of para-hydroxylation sites is 1. The predicted molar refractivity (Wildman–Crippen MR) is 105 cm³/mol. The minimum absolute atomic E-state index is 0.167. The van der Waals surface area contributed by atoms with Gasteiger partial charge in [0.1, 0.15) is 17.9 Å². The largest absolute Gasteiger partial charge is 0.489 e. The number of carbonyl (C=O) groups excluding carboxylic acids is 3. The molecular formula is C20H15BrN2O4. The highest BCUT2D eigenvalue weighted by Gasteiger charge is 2.36. The molecule has 1 aliphatic heterocycles. The fourth-order valence-electron chi connectivity index (χ4n) is 2.54. The molecule has 4 amide bonds. The molecule has 0 unspecified atom stereocenters. The van der Waals surface area contributed by atoms with Gasteiger partial charge < -0.3 is 4.74 Å². The van der Waals surface area contributed by atoms with E-state index in [4.69, 9.17) is 4.74 Å². The summed E-state index contributed by atoms with van der Waals surface area (Å²) in [6.45, 7) is 3.87. The fourth-order valence-corrected chi connectivity index (χ4v) is 2.92. The van der Waals surface area contributed by atoms with Crippen LogP contribution < -0.4 is 15.0 Å². The number of imide groups is 2. The molecule has 1 heterocycles. The average Bonchev–Trinajstić information content (AvgIpc) is 2.65. The number of benzene rings is 2. The first-order chi connectivity index (χ1) is 13.0. The normalized spacial score (nSPS) is 15.7. The van der Waals surface area contributed by atoms with Crippen molar-refractivity contribution >= 4 is 45.5 Å². The highest BCUT2D eigenvalue weighted by Crippen LogP contribution is 2.28. The molecule has 2 aromatic carbocycles. The Labute approximate surface area is 164 Å². The Hall–Kier alpha value is -3.19. The summed E-state index contributed by atoms with van der Waals surface area (Å²) in [6.07, 6.45) is 3.00. The fraction of sp³-hybridized carbons (Fsp3) is 0.0500. The smallest absolute Gasteiger partial charge is 0.335 e. The van der Waals surface area contributed by atoms with Crippen molar-refractivity contribution in [3.8, 4) is 5.75 Å². The third kappa shape index (κ3) is 3.98. The standard InChI is InChI=1S/C20H15BrN2O4/c1-2-10-27-17-9-8-14(21)11-13(17)12-16-18(24)22-20(26)23(19(16)25)15-6-4-3-5-7-15/h2-9,11-12H,1,10H2,(H,22,24,26). The molecule has 0 bridgehead atoms. The van der Waals surface area contributed by atoms with Gasteiger partial charge in [0.25, 0.3) is 11.8 Å². The molecule has 136 valence electrons. The number of hydrogen-bond donors (Lipinski definition) is 1. The summed E-state index contributed by atoms with van der Waals surface area (Å²) in [6, 6.07) is 12.8. The molecule has 1 aliphatic rings. The number of amides is 4. The number of hydrogen-bond acceptors (Lipinski definition) is 4. The second kappa shape index (κ2) is 8.01. The molecule has 0 aliphatic carbocycles. The number of anilines is 1. The van der Waals surface area contributed by atoms with Crippen molar-refractivity contribution in [1.82, 2.24) is 5.32 Å². The molecule has 0 aromatic heterocycles. The molecule has 3 rings (SSSR count). The van der Waals surface area contributed by atoms with E-state index in [1.165, 1.54) is 6.08 Å². The lowest BCUT2D eigenvalue weighted by molar-refractivity contribution is -0.122. The number of barbiturate groups is 1. The number of carbonyl (C=O) groups is 3. The molecule has 1 saturated heterocycles. The summed E-state index contributed by atoms with van der Waals surface area (Å²) in [4.78, 5) is 38.3. The summed E-state index contributed by atoms with van der Waals surface area (Å²) in [5, 5.41) is 2.20. The van der Waals surface area contributed by atoms with E-state index in [1.54, 1.807) is 54.6 Å². The number of ether oxygens (including phenoxy) is 1. The van der Waals surface area contributed by atoms with E-state index in [0.29, 0.717) is 17.0 Å². The Morgan fingerprint density at radius 3 is 2.56 bits per heavy atom. The maximum absolute atomic E-state index is 12.9. The van der Waals surface area contributed by atoms with Crippen molar-refractivity contribution in [1.29, 1.82) is 0 Å². The van der Waals surface area contributed by atoms with Gasteiger partial charge >= 0.3 is 6.03 Å². The van der Waals surface area contributed by atoms with E-state index in [-0.39, 0.29) is 12.2 Å². The Morgan fingerprint density at radius 2 is 1.85 bits per heavy atom. The number of nitrogens with zero attached hydrogens (tertiary/aromatic N) is 1. The van der Waals surface area contributed by atoms with Crippen LogP contribution in [0.3, 0.4) is 0 Å². The molecule has 2 aromatic rings. The Kier molecular flexibility index (Phi) is 5.52. The number of urea groups is 1. The van der Waals surface area contributed by atoms with E-state index >= 15 is 0 Å². The second-order valence-electron chi connectivity index (χ2n) is 5.58. The monoisotopic (exact) mass is 426 g/mol. The van der Waals surface area contributed by atoms with Crippen LogP contribution in [0.15, 0.2) is 71.2 Å². The molecule has 0 spiro atoms. The Bertz CT molecular complexity index is 954. The van der Waals surface area contributed by atoms with Gasteiger partial charge in [-0.3, -0.25) is 14.9 Å². The van der Waals surface area contributed by atoms with Gasteiger partial charge in [0.2, 0.25) is 0 Å². The van der Waals surface area contributed by atoms with Crippen LogP contribution in [0, 0.1) is 0 Å². The van der Waals surface area contributed by atoms with Gasteiger partial charge in [-0.1, -0.05) is 46.8 Å². The van der Waals surface area contributed by atoms with Gasteiger partial charge in [0.05, 0.1) is 5.69 Å². The van der Waals surface area contributed by atoms with E-state index < -0.39 is 17.8 Å². The van der Waals surface area contributed by atoms with Gasteiger partial charge in [0, 0.05) is 10.0 Å². The lowest BCUT2D eigenvalue weighted by Crippen LogP contribution is -2.54. The van der Waals surface area contributed by atoms with Crippen LogP contribution in [0.5, 0.6) is 5.75 Å². The minimum Gasteiger partial charge on any atom is -0.489 e. The van der Waals surface area contributed by atoms with Crippen molar-refractivity contribution in [2.24, 2.45) is 0 Å². The van der Waals surface area contributed by atoms with Crippen molar-refractivity contribution in [2.45, 2.75) is 0 Å². The highest BCUT2D eigenvalue weighted by atomic mass is 79.9. The second-order valence-corrected chi connectivity index (χ2v) is 6.49. The van der Waals surface area contributed by atoms with Gasteiger partial charge in [0.15, 0.2) is 0 Å². The maximum Gasteiger partial charge on any atom is 0.335 e. The van der Waals surface area contributed by atoms with Gasteiger partial charge in [-0.2, -0.15) is 0 Å². The minimum atomic E-state index is -0.786. The van der Waals surface area contributed by atoms with Crippen molar-refractivity contribution < 1.29 is 19.1 Å². The number of nitrogens with one attached hydrogen (secondary N) is 1. The van der Waals surface area contributed by atoms with E-state index in [9.17, 15) is 14.4 Å². The molecule has 7 heteroatoms. The quantitative estimate of drug-likeness (QED) is 0.449. The third-order valence-corrected chi connectivity index (χ3v) is 4.24. The van der Waals surface area contributed by atoms with E-state index in [1.807, 2.05) is 0 Å². The summed E-state index contributed by atoms with van der Waals surface area (Å²) in [5.41, 5.74) is 0.725. The highest BCUT2D eigenvalue weighted by molar-refractivity contribution is 9.10. The van der Waals surface area contributed by atoms with Crippen LogP contribution in [0.25, 0.3) is 6.08 Å². The number of rotatable bonds is 5. The van der Waals surface area contributed by atoms with Crippen LogP contribution in [-0.4, -0.2) is 24.5 Å². The summed E-state index contributed by atoms with van der Waals surface area (Å²) in [7, 11) is 0. The zero-order valence-electron chi connectivity index (χ0n) is 14.1. The molecule has 1 fully saturated rings. The molecule has 0 radical (unpaired) electrons. The number of halogens is 1. The van der Waals surface area contributed by atoms with Crippen LogP contribution in [0.4, 0.5) is 10.5 Å². The van der Waals surface area contributed by atoms with Crippen molar-refractivity contribution in [3.05, 3.63) is 76.8 Å². The van der Waals surface area contributed by atoms with Crippen LogP contribution in [-0.2, 0) is 9.59 Å². The SMILES string of the molecule is C=CCOc1ccc(Br)cc1C=C1C(=O)NC(=O)N(c2ccccc2)C1=O. The van der Waals surface area contributed by atoms with E-state index in [0.717, 1.165) is 9.37 Å². The summed E-state index contributed by atoms with van der Waals surface area (Å²) < 4.78 is 6.33. The topological polar surface area (TPSA) is 75.7 Å². The zero-order chi connectivity index (χ0) is 19.4. The zero-order valence-corrected chi connectivity index (χ0v) is 15.7. The van der Waals surface area contributed by atoms with E-state index in [2.05, 4.69) is 27.8 Å². The molecule has 27 heavy (non-hydrogen) atoms. The van der Waals surface area contributed by atoms with Gasteiger partial charge in [-0.15, -0.1) is 0 Å². The third-order valence-electron chi connectivity index (χ3n) is 3.74. The lowest BCUT2D eigenvalue weighted by Gasteiger charge is -2.26. The van der Waals surface area contributed by atoms with Crippen LogP contribution in [0.2, 0.25) is 0 Å². The van der Waals surface area contributed by atoms with Crippen molar-refractivity contribution in [3.63, 3.8) is 0 Å². The molecule has 1 N–H and O–H groups in total.